The minimum atomic E-state index is -1.23. The van der Waals surface area contributed by atoms with Crippen LogP contribution in [-0.4, -0.2) is 54.7 Å². The Morgan fingerprint density at radius 3 is 2.50 bits per heavy atom. The maximum atomic E-state index is 12.7. The highest BCUT2D eigenvalue weighted by Gasteiger charge is 2.58. The topological polar surface area (TPSA) is 103 Å². The molecule has 2 N–H and O–H groups in total. The smallest absolute Gasteiger partial charge is 0.258 e. The fourth-order valence-electron chi connectivity index (χ4n) is 4.11. The molecule has 0 aromatic heterocycles. The van der Waals surface area contributed by atoms with Crippen LogP contribution in [-0.2, 0) is 14.4 Å². The van der Waals surface area contributed by atoms with Crippen LogP contribution in [0.5, 0.6) is 0 Å². The fraction of sp³-hybridized carbons (Fsp3) is 0.500. The Bertz CT molecular complexity index is 994. The summed E-state index contributed by atoms with van der Waals surface area (Å²) in [6, 6.07) is 6.11. The van der Waals surface area contributed by atoms with Crippen LogP contribution in [0.25, 0.3) is 0 Å². The van der Waals surface area contributed by atoms with Crippen LogP contribution in [0, 0.1) is 18.3 Å². The number of aryl methyl sites for hydroxylation is 1. The molecule has 3 unspecified atom stereocenters. The summed E-state index contributed by atoms with van der Waals surface area (Å²) in [5.41, 5.74) is 1.72. The molecular weight excluding hydrogens is 430 g/mol. The number of nitrogens with zero attached hydrogens (tertiary/aromatic N) is 3. The van der Waals surface area contributed by atoms with Crippen molar-refractivity contribution in [2.24, 2.45) is 21.6 Å². The van der Waals surface area contributed by atoms with Gasteiger partial charge in [-0.2, -0.15) is 10.2 Å². The number of hydrogen-bond donors (Lipinski definition) is 2. The summed E-state index contributed by atoms with van der Waals surface area (Å²) < 4.78 is 0. The number of carbonyl (C=O) groups excluding carboxylic acids is 3. The summed E-state index contributed by atoms with van der Waals surface area (Å²) in [4.78, 5) is 39.8. The van der Waals surface area contributed by atoms with Crippen molar-refractivity contribution in [3.63, 3.8) is 0 Å². The molecule has 1 aromatic rings. The van der Waals surface area contributed by atoms with Crippen LogP contribution >= 0.6 is 0 Å². The van der Waals surface area contributed by atoms with Gasteiger partial charge in [0.05, 0.1) is 11.1 Å². The van der Waals surface area contributed by atoms with Crippen molar-refractivity contribution in [2.75, 3.05) is 26.2 Å². The minimum Gasteiger partial charge on any atom is -0.355 e. The number of rotatable bonds is 12. The quantitative estimate of drug-likeness (QED) is 0.280. The van der Waals surface area contributed by atoms with Crippen molar-refractivity contribution in [3.8, 4) is 0 Å². The van der Waals surface area contributed by atoms with Crippen molar-refractivity contribution in [1.82, 2.24) is 15.5 Å². The molecule has 0 radical (unpaired) electrons. The largest absolute Gasteiger partial charge is 0.355 e. The third kappa shape index (κ3) is 6.26. The molecule has 1 aromatic carbocycles. The van der Waals surface area contributed by atoms with Crippen molar-refractivity contribution >= 4 is 23.3 Å². The molecule has 0 spiro atoms. The monoisotopic (exact) mass is 465 g/mol. The summed E-state index contributed by atoms with van der Waals surface area (Å²) in [7, 11) is 0. The summed E-state index contributed by atoms with van der Waals surface area (Å²) in [6.45, 7) is 11.2. The zero-order valence-corrected chi connectivity index (χ0v) is 20.5. The van der Waals surface area contributed by atoms with Gasteiger partial charge in [0, 0.05) is 12.2 Å². The predicted octanol–water partition coefficient (Wildman–Crippen LogP) is 3.46. The standard InChI is InChI=1S/C26H35N5O3/c1-5-31(6-2)15-7-14-27-25(34)26-13-12-22(16-20(26)17-26)28-24(33)23(19(4)32)30-29-21-10-8-18(3)9-11-21/h8-13,16,20,23H,5-7,14-15,17H2,1-4H3,(H,27,34)(H,28,33). The number of carbonyl (C=O) groups is 3. The predicted molar refractivity (Wildman–Crippen MR) is 131 cm³/mol. The number of hydrogen-bond acceptors (Lipinski definition) is 6. The van der Waals surface area contributed by atoms with Crippen LogP contribution in [0.4, 0.5) is 5.69 Å². The third-order valence-electron chi connectivity index (χ3n) is 6.48. The number of fused-ring (bicyclic) bond motifs is 1. The Hall–Kier alpha value is -3.13. The zero-order valence-electron chi connectivity index (χ0n) is 20.5. The molecular formula is C26H35N5O3. The van der Waals surface area contributed by atoms with E-state index in [9.17, 15) is 14.4 Å². The highest BCUT2D eigenvalue weighted by Crippen LogP contribution is 2.57. The van der Waals surface area contributed by atoms with Crippen molar-refractivity contribution in [1.29, 1.82) is 0 Å². The van der Waals surface area contributed by atoms with Gasteiger partial charge < -0.3 is 15.5 Å². The van der Waals surface area contributed by atoms with Gasteiger partial charge in [-0.05, 0) is 70.5 Å². The van der Waals surface area contributed by atoms with Crippen LogP contribution in [0.15, 0.2) is 58.4 Å². The Labute approximate surface area is 201 Å². The molecule has 8 heteroatoms. The lowest BCUT2D eigenvalue weighted by atomic mass is 9.97. The molecule has 8 nitrogen and oxygen atoms in total. The molecule has 3 rings (SSSR count). The summed E-state index contributed by atoms with van der Waals surface area (Å²) in [5, 5.41) is 13.8. The van der Waals surface area contributed by atoms with Gasteiger partial charge in [-0.1, -0.05) is 43.7 Å². The minimum absolute atomic E-state index is 0.0310. The number of ketones is 1. The van der Waals surface area contributed by atoms with Crippen LogP contribution in [0.2, 0.25) is 0 Å². The third-order valence-corrected chi connectivity index (χ3v) is 6.48. The van der Waals surface area contributed by atoms with Gasteiger partial charge in [0.1, 0.15) is 0 Å². The SMILES string of the molecule is CCN(CC)CCCNC(=O)C12C=CC(NC(=O)C(N=Nc3ccc(C)cc3)C(C)=O)=CC1C2. The van der Waals surface area contributed by atoms with Crippen LogP contribution in [0.3, 0.4) is 0 Å². The van der Waals surface area contributed by atoms with E-state index in [1.54, 1.807) is 18.2 Å². The zero-order chi connectivity index (χ0) is 24.7. The summed E-state index contributed by atoms with van der Waals surface area (Å²) >= 11 is 0. The van der Waals surface area contributed by atoms with Gasteiger partial charge in [-0.3, -0.25) is 14.4 Å². The average Bonchev–Trinajstić information content (AvgIpc) is 3.55. The molecule has 2 aliphatic carbocycles. The molecule has 0 bridgehead atoms. The first kappa shape index (κ1) is 25.5. The molecule has 182 valence electrons. The van der Waals surface area contributed by atoms with E-state index in [2.05, 4.69) is 39.6 Å². The molecule has 2 aliphatic rings. The van der Waals surface area contributed by atoms with Crippen molar-refractivity contribution in [2.45, 2.75) is 46.6 Å². The molecule has 0 aliphatic heterocycles. The molecule has 2 amide bonds. The Kier molecular flexibility index (Phi) is 8.50. The van der Waals surface area contributed by atoms with Gasteiger partial charge in [0.2, 0.25) is 11.9 Å². The van der Waals surface area contributed by atoms with Gasteiger partial charge >= 0.3 is 0 Å². The van der Waals surface area contributed by atoms with Crippen LogP contribution < -0.4 is 10.6 Å². The first-order valence-corrected chi connectivity index (χ1v) is 12.0. The average molecular weight is 466 g/mol. The van der Waals surface area contributed by atoms with E-state index in [1.165, 1.54) is 6.92 Å². The maximum Gasteiger partial charge on any atom is 0.258 e. The second kappa shape index (κ2) is 11.3. The first-order valence-electron chi connectivity index (χ1n) is 12.0. The van der Waals surface area contributed by atoms with Gasteiger partial charge in [-0.25, -0.2) is 0 Å². The van der Waals surface area contributed by atoms with E-state index in [-0.39, 0.29) is 11.8 Å². The number of allylic oxidation sites excluding steroid dienone is 2. The molecule has 1 fully saturated rings. The fourth-order valence-corrected chi connectivity index (χ4v) is 4.11. The van der Waals surface area contributed by atoms with E-state index in [0.717, 1.165) is 31.6 Å². The van der Waals surface area contributed by atoms with E-state index in [0.29, 0.717) is 24.4 Å². The maximum absolute atomic E-state index is 12.7. The van der Waals surface area contributed by atoms with E-state index < -0.39 is 23.1 Å². The molecule has 34 heavy (non-hydrogen) atoms. The van der Waals surface area contributed by atoms with Crippen molar-refractivity contribution < 1.29 is 14.4 Å². The van der Waals surface area contributed by atoms with Crippen LogP contribution in [0.1, 0.15) is 39.2 Å². The van der Waals surface area contributed by atoms with Gasteiger partial charge in [-0.15, -0.1) is 0 Å². The van der Waals surface area contributed by atoms with Gasteiger partial charge in [0.15, 0.2) is 5.78 Å². The van der Waals surface area contributed by atoms with E-state index in [1.807, 2.05) is 31.2 Å². The number of benzene rings is 1. The molecule has 0 saturated heterocycles. The Morgan fingerprint density at radius 2 is 1.88 bits per heavy atom. The van der Waals surface area contributed by atoms with E-state index in [4.69, 9.17) is 0 Å². The Morgan fingerprint density at radius 1 is 1.18 bits per heavy atom. The summed E-state index contributed by atoms with van der Waals surface area (Å²) in [5.74, 6) is -0.851. The lowest BCUT2D eigenvalue weighted by Gasteiger charge is -2.19. The summed E-state index contributed by atoms with van der Waals surface area (Å²) in [6.07, 6.45) is 7.13. The number of azo groups is 1. The normalized spacial score (nSPS) is 21.7. The lowest BCUT2D eigenvalue weighted by Crippen LogP contribution is -2.38. The van der Waals surface area contributed by atoms with E-state index >= 15 is 0 Å². The molecule has 3 atom stereocenters. The highest BCUT2D eigenvalue weighted by molar-refractivity contribution is 6.05. The molecule has 0 heterocycles. The van der Waals surface area contributed by atoms with Gasteiger partial charge in [0.25, 0.3) is 5.91 Å². The second-order valence-electron chi connectivity index (χ2n) is 9.00. The highest BCUT2D eigenvalue weighted by atomic mass is 16.2. The number of Topliss-reactive ketones (excluding diaryl/α,β-unsaturated/α-hetero) is 1. The van der Waals surface area contributed by atoms with Crippen molar-refractivity contribution in [3.05, 3.63) is 53.8 Å². The Balaban J connectivity index is 1.52. The number of amides is 2. The first-order chi connectivity index (χ1) is 16.3. The second-order valence-corrected chi connectivity index (χ2v) is 9.00. The lowest BCUT2D eigenvalue weighted by molar-refractivity contribution is -0.128. The molecule has 1 saturated carbocycles. The number of nitrogens with one attached hydrogen (secondary N) is 2.